The Morgan fingerprint density at radius 1 is 1.21 bits per heavy atom. The molecule has 0 bridgehead atoms. The van der Waals surface area contributed by atoms with Gasteiger partial charge in [-0.05, 0) is 48.1 Å². The molecule has 3 aromatic rings. The van der Waals surface area contributed by atoms with E-state index in [9.17, 15) is 9.18 Å². The van der Waals surface area contributed by atoms with Crippen molar-refractivity contribution in [1.29, 1.82) is 0 Å². The Balaban J connectivity index is 1.36. The second kappa shape index (κ2) is 8.06. The van der Waals surface area contributed by atoms with Crippen LogP contribution in [0.4, 0.5) is 15.3 Å². The van der Waals surface area contributed by atoms with E-state index in [2.05, 4.69) is 21.4 Å². The van der Waals surface area contributed by atoms with Crippen molar-refractivity contribution >= 4 is 28.2 Å². The van der Waals surface area contributed by atoms with E-state index in [0.717, 1.165) is 47.3 Å². The van der Waals surface area contributed by atoms with Crippen molar-refractivity contribution in [2.24, 2.45) is 5.92 Å². The normalized spacial score (nSPS) is 16.4. The number of thiazole rings is 1. The molecule has 1 amide bonds. The maximum absolute atomic E-state index is 13.1. The van der Waals surface area contributed by atoms with Crippen molar-refractivity contribution in [3.05, 3.63) is 60.2 Å². The Bertz CT molecular complexity index is 955. The summed E-state index contributed by atoms with van der Waals surface area (Å²) in [5.41, 5.74) is 2.11. The van der Waals surface area contributed by atoms with E-state index >= 15 is 0 Å². The summed E-state index contributed by atoms with van der Waals surface area (Å²) in [6, 6.07) is 10.4. The number of aromatic nitrogens is 2. The first-order chi connectivity index (χ1) is 13.6. The lowest BCUT2D eigenvalue weighted by atomic mass is 10.00. The summed E-state index contributed by atoms with van der Waals surface area (Å²) in [6.07, 6.45) is 5.64. The summed E-state index contributed by atoms with van der Waals surface area (Å²) in [4.78, 5) is 23.2. The molecule has 0 unspecified atom stereocenters. The fourth-order valence-corrected chi connectivity index (χ4v) is 4.26. The highest BCUT2D eigenvalue weighted by Crippen LogP contribution is 2.30. The van der Waals surface area contributed by atoms with Crippen LogP contribution in [-0.4, -0.2) is 33.9 Å². The minimum Gasteiger partial charge on any atom is -0.343 e. The van der Waals surface area contributed by atoms with E-state index in [1.165, 1.54) is 29.0 Å². The molecule has 144 valence electrons. The third-order valence-electron chi connectivity index (χ3n) is 4.95. The van der Waals surface area contributed by atoms with Crippen molar-refractivity contribution in [1.82, 2.24) is 14.9 Å². The lowest BCUT2D eigenvalue weighted by Crippen LogP contribution is -2.26. The molecule has 5 nitrogen and oxygen atoms in total. The Kier molecular flexibility index (Phi) is 5.34. The molecule has 3 heterocycles. The average molecular weight is 396 g/mol. The van der Waals surface area contributed by atoms with Crippen LogP contribution in [0.25, 0.3) is 10.4 Å². The highest BCUT2D eigenvalue weighted by molar-refractivity contribution is 7.18. The number of benzene rings is 1. The van der Waals surface area contributed by atoms with E-state index in [0.29, 0.717) is 5.92 Å². The van der Waals surface area contributed by atoms with Crippen LogP contribution < -0.4 is 5.32 Å². The molecule has 28 heavy (non-hydrogen) atoms. The zero-order chi connectivity index (χ0) is 19.5. The lowest BCUT2D eigenvalue weighted by molar-refractivity contribution is -0.127. The van der Waals surface area contributed by atoms with Crippen molar-refractivity contribution in [2.75, 3.05) is 18.4 Å². The van der Waals surface area contributed by atoms with Crippen LogP contribution >= 0.6 is 11.3 Å². The number of nitrogens with one attached hydrogen (secondary N) is 1. The van der Waals surface area contributed by atoms with Crippen LogP contribution in [0.15, 0.2) is 48.8 Å². The Morgan fingerprint density at radius 2 is 2.04 bits per heavy atom. The van der Waals surface area contributed by atoms with Gasteiger partial charge in [-0.15, -0.1) is 0 Å². The first kappa shape index (κ1) is 18.6. The Morgan fingerprint density at radius 3 is 2.71 bits per heavy atom. The number of halogens is 1. The molecule has 4 rings (SSSR count). The Hall–Kier alpha value is -2.80. The van der Waals surface area contributed by atoms with Crippen LogP contribution in [0, 0.1) is 11.7 Å². The van der Waals surface area contributed by atoms with E-state index in [-0.39, 0.29) is 11.7 Å². The number of hydrogen-bond acceptors (Lipinski definition) is 5. The molecule has 0 radical (unpaired) electrons. The molecular weight excluding hydrogens is 375 g/mol. The maximum atomic E-state index is 13.1. The molecule has 1 aliphatic rings. The van der Waals surface area contributed by atoms with Gasteiger partial charge in [0.1, 0.15) is 11.6 Å². The van der Waals surface area contributed by atoms with Crippen molar-refractivity contribution in [3.63, 3.8) is 0 Å². The van der Waals surface area contributed by atoms with Gasteiger partial charge in [0.15, 0.2) is 5.13 Å². The molecule has 7 heteroatoms. The van der Waals surface area contributed by atoms with Crippen LogP contribution in [-0.2, 0) is 11.2 Å². The molecule has 1 N–H and O–H groups in total. The van der Waals surface area contributed by atoms with Gasteiger partial charge in [-0.1, -0.05) is 29.5 Å². The van der Waals surface area contributed by atoms with Crippen molar-refractivity contribution in [3.8, 4) is 10.4 Å². The summed E-state index contributed by atoms with van der Waals surface area (Å²) in [5, 5.41) is 3.96. The second-order valence-electron chi connectivity index (χ2n) is 7.04. The van der Waals surface area contributed by atoms with Gasteiger partial charge < -0.3 is 10.2 Å². The van der Waals surface area contributed by atoms with Gasteiger partial charge in [0, 0.05) is 32.4 Å². The summed E-state index contributed by atoms with van der Waals surface area (Å²) in [6.45, 7) is 3.32. The summed E-state index contributed by atoms with van der Waals surface area (Å²) in [7, 11) is 0. The van der Waals surface area contributed by atoms with Gasteiger partial charge in [0.25, 0.3) is 0 Å². The third kappa shape index (κ3) is 4.36. The molecule has 1 saturated heterocycles. The van der Waals surface area contributed by atoms with Crippen LogP contribution in [0.1, 0.15) is 18.9 Å². The fourth-order valence-electron chi connectivity index (χ4n) is 3.43. The van der Waals surface area contributed by atoms with Gasteiger partial charge in [-0.3, -0.25) is 4.79 Å². The lowest BCUT2D eigenvalue weighted by Gasteiger charge is -2.14. The maximum Gasteiger partial charge on any atom is 0.219 e. The van der Waals surface area contributed by atoms with Crippen molar-refractivity contribution in [2.45, 2.75) is 19.8 Å². The smallest absolute Gasteiger partial charge is 0.219 e. The quantitative estimate of drug-likeness (QED) is 0.690. The first-order valence-electron chi connectivity index (χ1n) is 9.26. The van der Waals surface area contributed by atoms with Gasteiger partial charge in [0.2, 0.25) is 5.91 Å². The number of carbonyl (C=O) groups excluding carboxylic acids is 1. The number of amides is 1. The highest BCUT2D eigenvalue weighted by atomic mass is 32.1. The summed E-state index contributed by atoms with van der Waals surface area (Å²) in [5.74, 6) is 1.15. The number of rotatable bonds is 5. The topological polar surface area (TPSA) is 58.1 Å². The molecule has 0 aliphatic carbocycles. The number of likely N-dealkylation sites (tertiary alicyclic amines) is 1. The number of carbonyl (C=O) groups is 1. The van der Waals surface area contributed by atoms with Crippen LogP contribution in [0.3, 0.4) is 0 Å². The minimum absolute atomic E-state index is 0.156. The molecule has 1 aliphatic heterocycles. The van der Waals surface area contributed by atoms with Crippen molar-refractivity contribution < 1.29 is 9.18 Å². The zero-order valence-electron chi connectivity index (χ0n) is 15.6. The molecule has 2 aromatic heterocycles. The van der Waals surface area contributed by atoms with Crippen LogP contribution in [0.2, 0.25) is 0 Å². The molecular formula is C21H21FN4OS. The largest absolute Gasteiger partial charge is 0.343 e. The first-order valence-corrected chi connectivity index (χ1v) is 10.1. The van der Waals surface area contributed by atoms with E-state index < -0.39 is 0 Å². The van der Waals surface area contributed by atoms with Gasteiger partial charge >= 0.3 is 0 Å². The monoisotopic (exact) mass is 396 g/mol. The Labute approximate surface area is 167 Å². The SMILES string of the molecule is CC(=O)N1CC[C@@H](Cc2ccc(Nc3ncc(-c4ccc(F)cc4)s3)nc2)C1. The number of hydrogen-bond donors (Lipinski definition) is 1. The molecule has 1 atom stereocenters. The predicted octanol–water partition coefficient (Wildman–Crippen LogP) is 4.50. The average Bonchev–Trinajstić information content (AvgIpc) is 3.34. The van der Waals surface area contributed by atoms with E-state index in [4.69, 9.17) is 0 Å². The van der Waals surface area contributed by atoms with E-state index in [1.54, 1.807) is 25.3 Å². The molecule has 1 fully saturated rings. The molecule has 0 saturated carbocycles. The predicted molar refractivity (Wildman–Crippen MR) is 109 cm³/mol. The third-order valence-corrected chi connectivity index (χ3v) is 5.91. The minimum atomic E-state index is -0.248. The second-order valence-corrected chi connectivity index (χ2v) is 8.07. The number of pyridine rings is 1. The van der Waals surface area contributed by atoms with E-state index in [1.807, 2.05) is 17.2 Å². The van der Waals surface area contributed by atoms with Gasteiger partial charge in [0.05, 0.1) is 4.88 Å². The van der Waals surface area contributed by atoms with Gasteiger partial charge in [-0.2, -0.15) is 0 Å². The number of nitrogens with zero attached hydrogens (tertiary/aromatic N) is 3. The number of anilines is 2. The summed E-state index contributed by atoms with van der Waals surface area (Å²) >= 11 is 1.50. The molecule has 0 spiro atoms. The zero-order valence-corrected chi connectivity index (χ0v) is 16.4. The standard InChI is InChI=1S/C21H21FN4OS/c1-14(27)26-9-8-16(13-26)10-15-2-7-20(23-11-15)25-21-24-12-19(28-21)17-3-5-18(22)6-4-17/h2-7,11-12,16H,8-10,13H2,1H3,(H,23,24,25)/t16-/m0/s1. The van der Waals surface area contributed by atoms with Gasteiger partial charge in [-0.25, -0.2) is 14.4 Å². The van der Waals surface area contributed by atoms with Crippen LogP contribution in [0.5, 0.6) is 0 Å². The highest BCUT2D eigenvalue weighted by Gasteiger charge is 2.24. The summed E-state index contributed by atoms with van der Waals surface area (Å²) < 4.78 is 13.1. The molecule has 1 aromatic carbocycles. The fraction of sp³-hybridized carbons (Fsp3) is 0.286.